The summed E-state index contributed by atoms with van der Waals surface area (Å²) in [4.78, 5) is 18.3. The van der Waals surface area contributed by atoms with Gasteiger partial charge in [-0.25, -0.2) is 9.97 Å². The van der Waals surface area contributed by atoms with Crippen molar-refractivity contribution in [2.24, 2.45) is 0 Å². The molecule has 0 fully saturated rings. The highest BCUT2D eigenvalue weighted by Crippen LogP contribution is 2.23. The number of nitrogens with zero attached hydrogens (tertiary/aromatic N) is 3. The topological polar surface area (TPSA) is 68.9 Å². The minimum absolute atomic E-state index is 0.456. The maximum absolute atomic E-state index is 13.5. The van der Waals surface area contributed by atoms with Crippen LogP contribution in [0.5, 0.6) is 0 Å². The third-order valence-corrected chi connectivity index (χ3v) is 3.46. The summed E-state index contributed by atoms with van der Waals surface area (Å²) in [6, 6.07) is 5.76. The number of nitro benzene ring substituents is 1. The van der Waals surface area contributed by atoms with E-state index in [1.165, 1.54) is 30.0 Å². The summed E-state index contributed by atoms with van der Waals surface area (Å²) in [5, 5.41) is 11.1. The molecule has 1 aromatic carbocycles. The molecule has 0 bridgehead atoms. The second kappa shape index (κ2) is 5.96. The van der Waals surface area contributed by atoms with Crippen molar-refractivity contribution < 1.29 is 9.31 Å². The van der Waals surface area contributed by atoms with Crippen molar-refractivity contribution in [2.45, 2.75) is 24.8 Å². The molecule has 20 heavy (non-hydrogen) atoms. The second-order valence-electron chi connectivity index (χ2n) is 4.26. The van der Waals surface area contributed by atoms with Crippen LogP contribution in [0.25, 0.3) is 0 Å². The molecule has 2 aromatic rings. The molecule has 0 N–H and O–H groups in total. The van der Waals surface area contributed by atoms with E-state index in [2.05, 4.69) is 9.97 Å². The molecule has 0 atom stereocenters. The zero-order chi connectivity index (χ0) is 14.7. The van der Waals surface area contributed by atoms with Crippen LogP contribution in [0.1, 0.15) is 17.0 Å². The number of halogens is 1. The fraction of sp³-hybridized carbons (Fsp3) is 0.231. The highest BCUT2D eigenvalue weighted by molar-refractivity contribution is 7.98. The predicted octanol–water partition coefficient (Wildman–Crippen LogP) is 3.43. The van der Waals surface area contributed by atoms with Crippen molar-refractivity contribution in [2.75, 3.05) is 0 Å². The summed E-state index contributed by atoms with van der Waals surface area (Å²) in [5.74, 6) is -0.368. The molecule has 0 unspecified atom stereocenters. The molecule has 1 heterocycles. The van der Waals surface area contributed by atoms with Gasteiger partial charge in [0.05, 0.1) is 4.92 Å². The van der Waals surface area contributed by atoms with Gasteiger partial charge >= 0.3 is 5.69 Å². The minimum Gasteiger partial charge on any atom is -0.258 e. The Kier molecular flexibility index (Phi) is 4.29. The van der Waals surface area contributed by atoms with Gasteiger partial charge in [0.25, 0.3) is 0 Å². The maximum atomic E-state index is 13.5. The van der Waals surface area contributed by atoms with Crippen molar-refractivity contribution in [1.82, 2.24) is 9.97 Å². The first-order valence-corrected chi connectivity index (χ1v) is 6.82. The average molecular weight is 293 g/mol. The number of aromatic nitrogens is 2. The number of hydrogen-bond donors (Lipinski definition) is 0. The lowest BCUT2D eigenvalue weighted by Crippen LogP contribution is -1.95. The van der Waals surface area contributed by atoms with Gasteiger partial charge in [0, 0.05) is 23.2 Å². The third-order valence-electron chi connectivity index (χ3n) is 2.54. The van der Waals surface area contributed by atoms with Crippen molar-refractivity contribution >= 4 is 17.4 Å². The van der Waals surface area contributed by atoms with E-state index in [1.807, 2.05) is 19.9 Å². The molecule has 0 amide bonds. The molecule has 0 saturated heterocycles. The van der Waals surface area contributed by atoms with Crippen LogP contribution in [0.2, 0.25) is 0 Å². The van der Waals surface area contributed by atoms with E-state index in [0.717, 1.165) is 11.4 Å². The first-order valence-electron chi connectivity index (χ1n) is 5.83. The molecule has 0 aliphatic carbocycles. The molecule has 0 aliphatic heterocycles. The summed E-state index contributed by atoms with van der Waals surface area (Å²) in [7, 11) is 0. The molecule has 0 radical (unpaired) electrons. The summed E-state index contributed by atoms with van der Waals surface area (Å²) >= 11 is 1.37. The number of hydrogen-bond acceptors (Lipinski definition) is 5. The third kappa shape index (κ3) is 3.51. The van der Waals surface area contributed by atoms with Gasteiger partial charge in [0.1, 0.15) is 0 Å². The van der Waals surface area contributed by atoms with Gasteiger partial charge in [-0.05, 0) is 31.5 Å². The van der Waals surface area contributed by atoms with Gasteiger partial charge in [-0.1, -0.05) is 17.8 Å². The van der Waals surface area contributed by atoms with Gasteiger partial charge in [0.2, 0.25) is 5.82 Å². The fourth-order valence-electron chi connectivity index (χ4n) is 1.69. The molecule has 2 rings (SSSR count). The van der Waals surface area contributed by atoms with Gasteiger partial charge in [-0.3, -0.25) is 10.1 Å². The summed E-state index contributed by atoms with van der Waals surface area (Å²) < 4.78 is 13.5. The van der Waals surface area contributed by atoms with E-state index in [4.69, 9.17) is 0 Å². The quantitative estimate of drug-likeness (QED) is 0.374. The first-order chi connectivity index (χ1) is 9.45. The Morgan fingerprint density at radius 2 is 1.90 bits per heavy atom. The largest absolute Gasteiger partial charge is 0.304 e. The Morgan fingerprint density at radius 3 is 2.45 bits per heavy atom. The van der Waals surface area contributed by atoms with Gasteiger partial charge < -0.3 is 0 Å². The van der Waals surface area contributed by atoms with Crippen LogP contribution in [-0.2, 0) is 5.75 Å². The molecule has 7 heteroatoms. The zero-order valence-electron chi connectivity index (χ0n) is 11.0. The highest BCUT2D eigenvalue weighted by Gasteiger charge is 2.14. The van der Waals surface area contributed by atoms with E-state index >= 15 is 0 Å². The molecule has 104 valence electrons. The normalized spacial score (nSPS) is 10.6. The number of benzene rings is 1. The van der Waals surface area contributed by atoms with Crippen molar-refractivity contribution in [3.05, 3.63) is 57.1 Å². The van der Waals surface area contributed by atoms with E-state index in [1.54, 1.807) is 0 Å². The molecule has 0 aliphatic rings. The smallest absolute Gasteiger partial charge is 0.258 e. The SMILES string of the molecule is Cc1cc(C)nc(SCc2ccc([N+](=O)[O-])c(F)c2)n1. The Balaban J connectivity index is 2.11. The second-order valence-corrected chi connectivity index (χ2v) is 5.21. The maximum Gasteiger partial charge on any atom is 0.304 e. The lowest BCUT2D eigenvalue weighted by molar-refractivity contribution is -0.387. The number of rotatable bonds is 4. The van der Waals surface area contributed by atoms with Crippen LogP contribution in [0.4, 0.5) is 10.1 Å². The Labute approximate surface area is 119 Å². The van der Waals surface area contributed by atoms with Crippen LogP contribution >= 0.6 is 11.8 Å². The molecule has 0 saturated carbocycles. The molecule has 5 nitrogen and oxygen atoms in total. The Bertz CT molecular complexity index is 644. The Morgan fingerprint density at radius 1 is 1.25 bits per heavy atom. The van der Waals surface area contributed by atoms with Crippen LogP contribution in [0.15, 0.2) is 29.4 Å². The van der Waals surface area contributed by atoms with E-state index in [9.17, 15) is 14.5 Å². The summed E-state index contributed by atoms with van der Waals surface area (Å²) in [5.41, 5.74) is 1.88. The van der Waals surface area contributed by atoms with Gasteiger partial charge in [0.15, 0.2) is 5.16 Å². The lowest BCUT2D eigenvalue weighted by Gasteiger charge is -2.03. The van der Waals surface area contributed by atoms with Crippen LogP contribution < -0.4 is 0 Å². The van der Waals surface area contributed by atoms with Crippen molar-refractivity contribution in [3.63, 3.8) is 0 Å². The Hall–Kier alpha value is -2.02. The molecular weight excluding hydrogens is 281 g/mol. The minimum atomic E-state index is -0.825. The fourth-order valence-corrected chi connectivity index (χ4v) is 2.59. The van der Waals surface area contributed by atoms with Crippen LogP contribution in [0.3, 0.4) is 0 Å². The van der Waals surface area contributed by atoms with Gasteiger partial charge in [-0.2, -0.15) is 4.39 Å². The highest BCUT2D eigenvalue weighted by atomic mass is 32.2. The predicted molar refractivity (Wildman–Crippen MR) is 74.1 cm³/mol. The lowest BCUT2D eigenvalue weighted by atomic mass is 10.2. The summed E-state index contributed by atoms with van der Waals surface area (Å²) in [6.07, 6.45) is 0. The van der Waals surface area contributed by atoms with Gasteiger partial charge in [-0.15, -0.1) is 0 Å². The van der Waals surface area contributed by atoms with Crippen molar-refractivity contribution in [3.8, 4) is 0 Å². The molecular formula is C13H12FN3O2S. The van der Waals surface area contributed by atoms with Crippen molar-refractivity contribution in [1.29, 1.82) is 0 Å². The van der Waals surface area contributed by atoms with E-state index in [0.29, 0.717) is 16.5 Å². The molecule has 0 spiro atoms. The van der Waals surface area contributed by atoms with E-state index < -0.39 is 16.4 Å². The molecule has 1 aromatic heterocycles. The first kappa shape index (κ1) is 14.4. The number of aryl methyl sites for hydroxylation is 2. The monoisotopic (exact) mass is 293 g/mol. The average Bonchev–Trinajstić information content (AvgIpc) is 2.35. The number of thioether (sulfide) groups is 1. The summed E-state index contributed by atoms with van der Waals surface area (Å²) in [6.45, 7) is 3.76. The van der Waals surface area contributed by atoms with E-state index in [-0.39, 0.29) is 0 Å². The van der Waals surface area contributed by atoms with Crippen LogP contribution in [-0.4, -0.2) is 14.9 Å². The number of nitro groups is 1. The van der Waals surface area contributed by atoms with Crippen LogP contribution in [0, 0.1) is 29.8 Å². The standard InChI is InChI=1S/C13H12FN3O2S/c1-8-5-9(2)16-13(15-8)20-7-10-3-4-12(17(18)19)11(14)6-10/h3-6H,7H2,1-2H3. The zero-order valence-corrected chi connectivity index (χ0v) is 11.8.